The molecule has 0 amide bonds. The Morgan fingerprint density at radius 1 is 1.23 bits per heavy atom. The van der Waals surface area contributed by atoms with Gasteiger partial charge in [0.25, 0.3) is 5.56 Å². The summed E-state index contributed by atoms with van der Waals surface area (Å²) in [5.41, 5.74) is 2.75. The summed E-state index contributed by atoms with van der Waals surface area (Å²) >= 11 is 1.50. The molecule has 0 aliphatic carbocycles. The third-order valence-corrected chi connectivity index (χ3v) is 5.50. The second kappa shape index (κ2) is 7.39. The van der Waals surface area contributed by atoms with Crippen LogP contribution in [0.3, 0.4) is 0 Å². The van der Waals surface area contributed by atoms with Crippen LogP contribution in [0.1, 0.15) is 24.3 Å². The van der Waals surface area contributed by atoms with Crippen molar-refractivity contribution < 1.29 is 0 Å². The molecule has 0 spiro atoms. The van der Waals surface area contributed by atoms with Gasteiger partial charge in [0, 0.05) is 30.5 Å². The first-order valence-corrected chi connectivity index (χ1v) is 9.64. The van der Waals surface area contributed by atoms with Crippen molar-refractivity contribution in [2.24, 2.45) is 7.05 Å². The van der Waals surface area contributed by atoms with Crippen LogP contribution in [0.25, 0.3) is 10.7 Å². The molecule has 0 bridgehead atoms. The number of hydrogen-bond acceptors (Lipinski definition) is 6. The summed E-state index contributed by atoms with van der Waals surface area (Å²) in [5, 5.41) is 9.25. The summed E-state index contributed by atoms with van der Waals surface area (Å²) in [6, 6.07) is 8.34. The number of nitrogens with zero attached hydrogens (tertiary/aromatic N) is 3. The molecule has 4 rings (SSSR count). The number of nitrogens with one attached hydrogen (secondary N) is 2. The third kappa shape index (κ3) is 3.54. The summed E-state index contributed by atoms with van der Waals surface area (Å²) in [5.74, 6) is 0.930. The van der Waals surface area contributed by atoms with E-state index in [0.29, 0.717) is 17.4 Å². The zero-order valence-electron chi connectivity index (χ0n) is 14.6. The molecule has 1 aliphatic heterocycles. The predicted octanol–water partition coefficient (Wildman–Crippen LogP) is 3.11. The van der Waals surface area contributed by atoms with Crippen molar-refractivity contribution in [3.63, 3.8) is 0 Å². The SMILES string of the molecule is Cn1cc(-c2nccs2)nc(Nc2ccc(C3CCNCC3)cc2)c1=O. The van der Waals surface area contributed by atoms with Gasteiger partial charge in [-0.15, -0.1) is 11.3 Å². The van der Waals surface area contributed by atoms with Gasteiger partial charge in [-0.3, -0.25) is 4.79 Å². The number of piperidine rings is 1. The van der Waals surface area contributed by atoms with E-state index in [0.717, 1.165) is 23.8 Å². The minimum atomic E-state index is -0.160. The molecule has 26 heavy (non-hydrogen) atoms. The Kier molecular flexibility index (Phi) is 4.81. The Bertz CT molecular complexity index is 928. The Balaban J connectivity index is 1.58. The lowest BCUT2D eigenvalue weighted by Gasteiger charge is -2.23. The average molecular weight is 367 g/mol. The number of rotatable bonds is 4. The highest BCUT2D eigenvalue weighted by Crippen LogP contribution is 2.27. The normalized spacial score (nSPS) is 15.1. The van der Waals surface area contributed by atoms with Gasteiger partial charge in [0.1, 0.15) is 10.7 Å². The standard InChI is InChI=1S/C19H21N5OS/c1-24-12-16(18-21-10-11-26-18)23-17(19(24)25)22-15-4-2-13(3-5-15)14-6-8-20-9-7-14/h2-5,10-12,14,20H,6-9H2,1H3,(H,22,23). The lowest BCUT2D eigenvalue weighted by molar-refractivity contribution is 0.460. The highest BCUT2D eigenvalue weighted by molar-refractivity contribution is 7.13. The lowest BCUT2D eigenvalue weighted by Crippen LogP contribution is -2.26. The van der Waals surface area contributed by atoms with Crippen molar-refractivity contribution in [1.29, 1.82) is 0 Å². The summed E-state index contributed by atoms with van der Waals surface area (Å²) in [7, 11) is 1.73. The largest absolute Gasteiger partial charge is 0.336 e. The molecule has 6 nitrogen and oxygen atoms in total. The molecule has 1 aliphatic rings. The van der Waals surface area contributed by atoms with E-state index in [-0.39, 0.29) is 5.56 Å². The summed E-state index contributed by atoms with van der Waals surface area (Å²) in [6.45, 7) is 2.16. The number of aromatic nitrogens is 3. The first-order chi connectivity index (χ1) is 12.7. The first-order valence-electron chi connectivity index (χ1n) is 8.76. The number of thiazole rings is 1. The molecule has 2 aromatic heterocycles. The molecule has 0 atom stereocenters. The summed E-state index contributed by atoms with van der Waals surface area (Å²) in [4.78, 5) is 21.2. The second-order valence-electron chi connectivity index (χ2n) is 6.50. The maximum absolute atomic E-state index is 12.4. The Labute approximate surface area is 155 Å². The highest BCUT2D eigenvalue weighted by Gasteiger charge is 2.15. The minimum absolute atomic E-state index is 0.160. The van der Waals surface area contributed by atoms with E-state index in [9.17, 15) is 4.79 Å². The monoisotopic (exact) mass is 367 g/mol. The molecular formula is C19H21N5OS. The smallest absolute Gasteiger partial charge is 0.293 e. The van der Waals surface area contributed by atoms with E-state index in [2.05, 4.69) is 32.7 Å². The second-order valence-corrected chi connectivity index (χ2v) is 7.39. The average Bonchev–Trinajstić information content (AvgIpc) is 3.21. The number of anilines is 2. The molecule has 2 N–H and O–H groups in total. The van der Waals surface area contributed by atoms with Crippen molar-refractivity contribution in [2.45, 2.75) is 18.8 Å². The van der Waals surface area contributed by atoms with Gasteiger partial charge in [0.05, 0.1) is 0 Å². The lowest BCUT2D eigenvalue weighted by atomic mass is 9.90. The Hall–Kier alpha value is -2.51. The van der Waals surface area contributed by atoms with Crippen LogP contribution in [-0.2, 0) is 7.05 Å². The van der Waals surface area contributed by atoms with Crippen molar-refractivity contribution >= 4 is 22.8 Å². The number of hydrogen-bond donors (Lipinski definition) is 2. The number of benzene rings is 1. The molecule has 7 heteroatoms. The van der Waals surface area contributed by atoms with E-state index in [1.54, 1.807) is 19.4 Å². The van der Waals surface area contributed by atoms with Gasteiger partial charge in [0.15, 0.2) is 5.82 Å². The van der Waals surface area contributed by atoms with Gasteiger partial charge in [0.2, 0.25) is 0 Å². The number of aryl methyl sites for hydroxylation is 1. The van der Waals surface area contributed by atoms with Crippen LogP contribution in [-0.4, -0.2) is 27.6 Å². The van der Waals surface area contributed by atoms with Gasteiger partial charge in [-0.25, -0.2) is 9.97 Å². The summed E-state index contributed by atoms with van der Waals surface area (Å²) in [6.07, 6.45) is 5.79. The van der Waals surface area contributed by atoms with Crippen molar-refractivity contribution in [3.05, 3.63) is 58.0 Å². The van der Waals surface area contributed by atoms with Crippen LogP contribution in [0.2, 0.25) is 0 Å². The van der Waals surface area contributed by atoms with Crippen LogP contribution in [0.15, 0.2) is 46.8 Å². The van der Waals surface area contributed by atoms with E-state index >= 15 is 0 Å². The molecule has 1 saturated heterocycles. The maximum atomic E-state index is 12.4. The zero-order valence-corrected chi connectivity index (χ0v) is 15.4. The Morgan fingerprint density at radius 2 is 2.00 bits per heavy atom. The van der Waals surface area contributed by atoms with Crippen LogP contribution in [0.4, 0.5) is 11.5 Å². The predicted molar refractivity (Wildman–Crippen MR) is 105 cm³/mol. The van der Waals surface area contributed by atoms with E-state index in [1.165, 1.54) is 34.3 Å². The van der Waals surface area contributed by atoms with Crippen LogP contribution < -0.4 is 16.2 Å². The molecule has 1 fully saturated rings. The van der Waals surface area contributed by atoms with Crippen LogP contribution in [0.5, 0.6) is 0 Å². The van der Waals surface area contributed by atoms with Gasteiger partial charge < -0.3 is 15.2 Å². The fraction of sp³-hybridized carbons (Fsp3) is 0.316. The van der Waals surface area contributed by atoms with Gasteiger partial charge in [-0.05, 0) is 49.5 Å². The van der Waals surface area contributed by atoms with E-state index < -0.39 is 0 Å². The zero-order chi connectivity index (χ0) is 17.9. The molecule has 1 aromatic carbocycles. The maximum Gasteiger partial charge on any atom is 0.293 e. The molecular weight excluding hydrogens is 346 g/mol. The van der Waals surface area contributed by atoms with E-state index in [4.69, 9.17) is 0 Å². The molecule has 3 heterocycles. The fourth-order valence-corrected chi connectivity index (χ4v) is 3.86. The van der Waals surface area contributed by atoms with Crippen molar-refractivity contribution in [3.8, 4) is 10.7 Å². The van der Waals surface area contributed by atoms with Gasteiger partial charge >= 0.3 is 0 Å². The molecule has 3 aromatic rings. The third-order valence-electron chi connectivity index (χ3n) is 4.71. The van der Waals surface area contributed by atoms with Crippen LogP contribution in [0, 0.1) is 0 Å². The van der Waals surface area contributed by atoms with Gasteiger partial charge in [-0.2, -0.15) is 0 Å². The van der Waals surface area contributed by atoms with E-state index in [1.807, 2.05) is 17.5 Å². The highest BCUT2D eigenvalue weighted by atomic mass is 32.1. The molecule has 0 unspecified atom stereocenters. The van der Waals surface area contributed by atoms with Crippen LogP contribution >= 0.6 is 11.3 Å². The topological polar surface area (TPSA) is 71.8 Å². The first kappa shape index (κ1) is 16.9. The molecule has 0 radical (unpaired) electrons. The molecule has 134 valence electrons. The quantitative estimate of drug-likeness (QED) is 0.741. The Morgan fingerprint density at radius 3 is 2.69 bits per heavy atom. The fourth-order valence-electron chi connectivity index (χ4n) is 3.27. The molecule has 0 saturated carbocycles. The van der Waals surface area contributed by atoms with Gasteiger partial charge in [-0.1, -0.05) is 12.1 Å². The van der Waals surface area contributed by atoms with Crippen molar-refractivity contribution in [2.75, 3.05) is 18.4 Å². The van der Waals surface area contributed by atoms with Crippen molar-refractivity contribution in [1.82, 2.24) is 19.9 Å². The minimum Gasteiger partial charge on any atom is -0.336 e. The summed E-state index contributed by atoms with van der Waals surface area (Å²) < 4.78 is 1.54.